The third-order valence-electron chi connectivity index (χ3n) is 2.74. The van der Waals surface area contributed by atoms with E-state index in [1.807, 2.05) is 30.3 Å². The summed E-state index contributed by atoms with van der Waals surface area (Å²) in [5, 5.41) is 11.3. The number of para-hydroxylation sites is 1. The lowest BCUT2D eigenvalue weighted by molar-refractivity contribution is 0.212. The summed E-state index contributed by atoms with van der Waals surface area (Å²) in [5.41, 5.74) is 1.57. The predicted octanol–water partition coefficient (Wildman–Crippen LogP) is 2.04. The summed E-state index contributed by atoms with van der Waals surface area (Å²) < 4.78 is 0. The van der Waals surface area contributed by atoms with Crippen LogP contribution < -0.4 is 0 Å². The van der Waals surface area contributed by atoms with Crippen molar-refractivity contribution in [1.29, 1.82) is 0 Å². The Morgan fingerprint density at radius 1 is 1.06 bits per heavy atom. The van der Waals surface area contributed by atoms with Gasteiger partial charge in [-0.05, 0) is 6.07 Å². The van der Waals surface area contributed by atoms with Crippen LogP contribution >= 0.6 is 0 Å². The summed E-state index contributed by atoms with van der Waals surface area (Å²) in [6.07, 6.45) is 4.26. The third kappa shape index (κ3) is 1.68. The number of nitrogens with zero attached hydrogens (tertiary/aromatic N) is 2. The van der Waals surface area contributed by atoms with Crippen LogP contribution in [0.1, 0.15) is 17.5 Å². The van der Waals surface area contributed by atoms with Crippen molar-refractivity contribution in [2.24, 2.45) is 0 Å². The van der Waals surface area contributed by atoms with Gasteiger partial charge in [0.05, 0.1) is 5.52 Å². The number of rotatable bonds is 2. The molecule has 3 rings (SSSR count). The molecule has 0 amide bonds. The molecule has 4 nitrogen and oxygen atoms in total. The Hall–Kier alpha value is -2.20. The SMILES string of the molecule is OC(c1ncc[nH]1)c1cccc2cccnc12. The van der Waals surface area contributed by atoms with E-state index in [9.17, 15) is 5.11 Å². The average molecular weight is 225 g/mol. The summed E-state index contributed by atoms with van der Waals surface area (Å²) in [4.78, 5) is 11.3. The molecule has 1 atom stereocenters. The van der Waals surface area contributed by atoms with Crippen molar-refractivity contribution in [2.45, 2.75) is 6.10 Å². The first-order valence-electron chi connectivity index (χ1n) is 5.37. The first kappa shape index (κ1) is 9.99. The Kier molecular flexibility index (Phi) is 2.34. The van der Waals surface area contributed by atoms with E-state index in [0.29, 0.717) is 5.82 Å². The highest BCUT2D eigenvalue weighted by Gasteiger charge is 2.15. The van der Waals surface area contributed by atoms with Crippen LogP contribution in [0.3, 0.4) is 0 Å². The zero-order valence-electron chi connectivity index (χ0n) is 9.04. The smallest absolute Gasteiger partial charge is 0.139 e. The number of aliphatic hydroxyl groups excluding tert-OH is 1. The highest BCUT2D eigenvalue weighted by atomic mass is 16.3. The lowest BCUT2D eigenvalue weighted by Crippen LogP contribution is -2.03. The van der Waals surface area contributed by atoms with Gasteiger partial charge in [-0.1, -0.05) is 24.3 Å². The first-order valence-corrected chi connectivity index (χ1v) is 5.37. The van der Waals surface area contributed by atoms with Gasteiger partial charge in [-0.25, -0.2) is 4.98 Å². The van der Waals surface area contributed by atoms with Crippen LogP contribution in [-0.4, -0.2) is 20.1 Å². The van der Waals surface area contributed by atoms with Crippen molar-refractivity contribution in [3.8, 4) is 0 Å². The van der Waals surface area contributed by atoms with Crippen LogP contribution in [0.4, 0.5) is 0 Å². The quantitative estimate of drug-likeness (QED) is 0.701. The number of hydrogen-bond donors (Lipinski definition) is 2. The fourth-order valence-electron chi connectivity index (χ4n) is 1.92. The minimum atomic E-state index is -0.774. The number of benzene rings is 1. The van der Waals surface area contributed by atoms with Crippen molar-refractivity contribution in [3.63, 3.8) is 0 Å². The molecule has 2 aromatic heterocycles. The summed E-state index contributed by atoms with van der Waals surface area (Å²) in [6, 6.07) is 9.60. The largest absolute Gasteiger partial charge is 0.380 e. The number of aromatic amines is 1. The van der Waals surface area contributed by atoms with Crippen molar-refractivity contribution in [3.05, 3.63) is 60.3 Å². The van der Waals surface area contributed by atoms with Gasteiger partial charge in [-0.3, -0.25) is 4.98 Å². The van der Waals surface area contributed by atoms with E-state index in [0.717, 1.165) is 16.5 Å². The predicted molar refractivity (Wildman–Crippen MR) is 64.4 cm³/mol. The van der Waals surface area contributed by atoms with Crippen molar-refractivity contribution in [1.82, 2.24) is 15.0 Å². The van der Waals surface area contributed by atoms with Gasteiger partial charge < -0.3 is 10.1 Å². The second-order valence-corrected chi connectivity index (χ2v) is 3.80. The van der Waals surface area contributed by atoms with Crippen molar-refractivity contribution >= 4 is 10.9 Å². The maximum Gasteiger partial charge on any atom is 0.139 e. The molecule has 2 heterocycles. The summed E-state index contributed by atoms with van der Waals surface area (Å²) in [7, 11) is 0. The fourth-order valence-corrected chi connectivity index (χ4v) is 1.92. The molecule has 0 bridgehead atoms. The molecule has 1 aromatic carbocycles. The molecule has 3 aromatic rings. The molecule has 0 aliphatic heterocycles. The van der Waals surface area contributed by atoms with Crippen molar-refractivity contribution < 1.29 is 5.11 Å². The van der Waals surface area contributed by atoms with Gasteiger partial charge >= 0.3 is 0 Å². The lowest BCUT2D eigenvalue weighted by Gasteiger charge is -2.10. The Morgan fingerprint density at radius 3 is 2.76 bits per heavy atom. The van der Waals surface area contributed by atoms with Gasteiger partial charge in [0.2, 0.25) is 0 Å². The molecule has 0 aliphatic rings. The average Bonchev–Trinajstić information content (AvgIpc) is 2.91. The summed E-state index contributed by atoms with van der Waals surface area (Å²) in [5.74, 6) is 0.531. The first-order chi connectivity index (χ1) is 8.36. The molecular weight excluding hydrogens is 214 g/mol. The molecule has 0 aliphatic carbocycles. The highest BCUT2D eigenvalue weighted by Crippen LogP contribution is 2.25. The molecule has 1 unspecified atom stereocenters. The normalized spacial score (nSPS) is 12.8. The maximum absolute atomic E-state index is 10.2. The van der Waals surface area contributed by atoms with Crippen LogP contribution in [0.15, 0.2) is 48.9 Å². The summed E-state index contributed by atoms with van der Waals surface area (Å²) >= 11 is 0. The number of aromatic nitrogens is 3. The molecule has 0 radical (unpaired) electrons. The van der Waals surface area contributed by atoms with Gasteiger partial charge in [0.1, 0.15) is 11.9 Å². The Labute approximate surface area is 98.0 Å². The Morgan fingerprint density at radius 2 is 1.94 bits per heavy atom. The van der Waals surface area contributed by atoms with E-state index in [1.54, 1.807) is 18.6 Å². The molecule has 84 valence electrons. The zero-order valence-corrected chi connectivity index (χ0v) is 9.04. The van der Waals surface area contributed by atoms with Crippen LogP contribution in [0.2, 0.25) is 0 Å². The van der Waals surface area contributed by atoms with Gasteiger partial charge in [-0.15, -0.1) is 0 Å². The number of imidazole rings is 1. The van der Waals surface area contributed by atoms with Gasteiger partial charge in [0, 0.05) is 29.5 Å². The Balaban J connectivity index is 2.17. The highest BCUT2D eigenvalue weighted by molar-refractivity contribution is 5.82. The number of aliphatic hydroxyl groups is 1. The second-order valence-electron chi connectivity index (χ2n) is 3.80. The molecule has 0 saturated heterocycles. The van der Waals surface area contributed by atoms with E-state index >= 15 is 0 Å². The van der Waals surface area contributed by atoms with Crippen molar-refractivity contribution in [2.75, 3.05) is 0 Å². The number of pyridine rings is 1. The number of nitrogens with one attached hydrogen (secondary N) is 1. The van der Waals surface area contributed by atoms with Gasteiger partial charge in [0.25, 0.3) is 0 Å². The molecular formula is C13H11N3O. The second kappa shape index (κ2) is 3.99. The van der Waals surface area contributed by atoms with E-state index in [-0.39, 0.29) is 0 Å². The summed E-state index contributed by atoms with van der Waals surface area (Å²) in [6.45, 7) is 0. The third-order valence-corrected chi connectivity index (χ3v) is 2.74. The maximum atomic E-state index is 10.2. The molecule has 4 heteroatoms. The standard InChI is InChI=1S/C13H11N3O/c17-12(13-15-7-8-16-13)10-5-1-3-9-4-2-6-14-11(9)10/h1-8,12,17H,(H,15,16). The van der Waals surface area contributed by atoms with E-state index < -0.39 is 6.10 Å². The number of H-pyrrole nitrogens is 1. The molecule has 0 saturated carbocycles. The minimum absolute atomic E-state index is 0.531. The van der Waals surface area contributed by atoms with E-state index in [2.05, 4.69) is 15.0 Å². The van der Waals surface area contributed by atoms with Gasteiger partial charge in [-0.2, -0.15) is 0 Å². The molecule has 0 spiro atoms. The fraction of sp³-hybridized carbons (Fsp3) is 0.0769. The lowest BCUT2D eigenvalue weighted by atomic mass is 10.0. The van der Waals surface area contributed by atoms with Crippen LogP contribution in [0.25, 0.3) is 10.9 Å². The molecule has 0 fully saturated rings. The Bertz CT molecular complexity index is 629. The zero-order chi connectivity index (χ0) is 11.7. The number of hydrogen-bond acceptors (Lipinski definition) is 3. The van der Waals surface area contributed by atoms with Crippen LogP contribution in [0.5, 0.6) is 0 Å². The van der Waals surface area contributed by atoms with E-state index in [4.69, 9.17) is 0 Å². The molecule has 2 N–H and O–H groups in total. The monoisotopic (exact) mass is 225 g/mol. The van der Waals surface area contributed by atoms with E-state index in [1.165, 1.54) is 0 Å². The minimum Gasteiger partial charge on any atom is -0.380 e. The van der Waals surface area contributed by atoms with Crippen LogP contribution in [-0.2, 0) is 0 Å². The van der Waals surface area contributed by atoms with Gasteiger partial charge in [0.15, 0.2) is 0 Å². The van der Waals surface area contributed by atoms with Crippen LogP contribution in [0, 0.1) is 0 Å². The number of fused-ring (bicyclic) bond motifs is 1. The molecule has 17 heavy (non-hydrogen) atoms. The topological polar surface area (TPSA) is 61.8 Å².